The number of aromatic nitrogens is 2. The van der Waals surface area contributed by atoms with E-state index in [0.29, 0.717) is 25.2 Å². The van der Waals surface area contributed by atoms with Gasteiger partial charge in [0.15, 0.2) is 0 Å². The molecule has 0 bridgehead atoms. The first-order valence-corrected chi connectivity index (χ1v) is 9.04. The van der Waals surface area contributed by atoms with Crippen LogP contribution in [0, 0.1) is 18.8 Å². The Hall–Kier alpha value is -2.47. The van der Waals surface area contributed by atoms with Gasteiger partial charge in [0.1, 0.15) is 11.6 Å². The van der Waals surface area contributed by atoms with Crippen LogP contribution < -0.4 is 5.32 Å². The number of hydrogen-bond donors (Lipinski definition) is 2. The van der Waals surface area contributed by atoms with Gasteiger partial charge in [0.05, 0.1) is 6.10 Å². The van der Waals surface area contributed by atoms with E-state index in [1.54, 1.807) is 6.20 Å². The molecule has 2 unspecified atom stereocenters. The highest BCUT2D eigenvalue weighted by atomic mass is 16.3. The molecular formula is C20H26N4O2. The van der Waals surface area contributed by atoms with Crippen molar-refractivity contribution in [3.05, 3.63) is 53.5 Å². The molecule has 3 rings (SSSR count). The van der Waals surface area contributed by atoms with Gasteiger partial charge in [-0.1, -0.05) is 26.0 Å². The molecule has 1 amide bonds. The highest BCUT2D eigenvalue weighted by molar-refractivity contribution is 5.94. The largest absolute Gasteiger partial charge is 0.392 e. The van der Waals surface area contributed by atoms with Crippen molar-refractivity contribution in [2.45, 2.75) is 33.4 Å². The first kappa shape index (κ1) is 18.3. The summed E-state index contributed by atoms with van der Waals surface area (Å²) in [6.07, 6.45) is 1.38. The number of likely N-dealkylation sites (tertiary alicyclic amines) is 1. The average Bonchev–Trinajstić information content (AvgIpc) is 2.64. The third-order valence-corrected chi connectivity index (χ3v) is 4.89. The van der Waals surface area contributed by atoms with Crippen molar-refractivity contribution >= 4 is 11.7 Å². The van der Waals surface area contributed by atoms with Gasteiger partial charge < -0.3 is 15.3 Å². The SMILES string of the molecule is Cc1nccc(NCc2cccc(C(=O)N3CC(C)C(O)C(C)C3)c2)n1. The fraction of sp³-hybridized carbons (Fsp3) is 0.450. The average molecular weight is 354 g/mol. The van der Waals surface area contributed by atoms with E-state index in [-0.39, 0.29) is 23.8 Å². The lowest BCUT2D eigenvalue weighted by atomic mass is 9.88. The van der Waals surface area contributed by atoms with Gasteiger partial charge in [-0.25, -0.2) is 9.97 Å². The van der Waals surface area contributed by atoms with Crippen LogP contribution in [0.15, 0.2) is 36.5 Å². The van der Waals surface area contributed by atoms with Crippen molar-refractivity contribution in [1.82, 2.24) is 14.9 Å². The third-order valence-electron chi connectivity index (χ3n) is 4.89. The molecule has 6 heteroatoms. The lowest BCUT2D eigenvalue weighted by molar-refractivity contribution is -0.00351. The van der Waals surface area contributed by atoms with Crippen molar-refractivity contribution in [3.63, 3.8) is 0 Å². The lowest BCUT2D eigenvalue weighted by Gasteiger charge is -2.38. The molecule has 1 fully saturated rings. The molecule has 0 saturated carbocycles. The van der Waals surface area contributed by atoms with Crippen LogP contribution >= 0.6 is 0 Å². The number of aliphatic hydroxyl groups excluding tert-OH is 1. The van der Waals surface area contributed by atoms with Gasteiger partial charge in [0.2, 0.25) is 0 Å². The molecule has 0 radical (unpaired) electrons. The van der Waals surface area contributed by atoms with Crippen molar-refractivity contribution in [2.75, 3.05) is 18.4 Å². The molecule has 0 aliphatic carbocycles. The maximum absolute atomic E-state index is 12.9. The number of benzene rings is 1. The zero-order valence-corrected chi connectivity index (χ0v) is 15.5. The number of rotatable bonds is 4. The van der Waals surface area contributed by atoms with Crippen LogP contribution in [0.5, 0.6) is 0 Å². The van der Waals surface area contributed by atoms with Crippen LogP contribution in [0.1, 0.15) is 35.6 Å². The number of nitrogens with zero attached hydrogens (tertiary/aromatic N) is 3. The summed E-state index contributed by atoms with van der Waals surface area (Å²) >= 11 is 0. The Morgan fingerprint density at radius 3 is 2.69 bits per heavy atom. The van der Waals surface area contributed by atoms with E-state index in [9.17, 15) is 9.90 Å². The molecule has 1 aromatic carbocycles. The Labute approximate surface area is 154 Å². The Balaban J connectivity index is 1.67. The van der Waals surface area contributed by atoms with Gasteiger partial charge >= 0.3 is 0 Å². The molecule has 1 saturated heterocycles. The molecule has 138 valence electrons. The van der Waals surface area contributed by atoms with Gasteiger partial charge in [-0.05, 0) is 42.5 Å². The summed E-state index contributed by atoms with van der Waals surface area (Å²) in [5, 5.41) is 13.4. The van der Waals surface area contributed by atoms with Crippen LogP contribution in [-0.2, 0) is 6.54 Å². The van der Waals surface area contributed by atoms with Crippen LogP contribution in [0.3, 0.4) is 0 Å². The number of piperidine rings is 1. The van der Waals surface area contributed by atoms with Gasteiger partial charge in [-0.3, -0.25) is 4.79 Å². The third kappa shape index (κ3) is 4.19. The number of anilines is 1. The van der Waals surface area contributed by atoms with Gasteiger partial charge in [0, 0.05) is 31.4 Å². The number of aliphatic hydroxyl groups is 1. The monoisotopic (exact) mass is 354 g/mol. The summed E-state index contributed by atoms with van der Waals surface area (Å²) < 4.78 is 0. The standard InChI is InChI=1S/C20H26N4O2/c1-13-11-24(12-14(2)19(13)25)20(26)17-6-4-5-16(9-17)10-22-18-7-8-21-15(3)23-18/h4-9,13-14,19,25H,10-12H2,1-3H3,(H,21,22,23). The molecular weight excluding hydrogens is 328 g/mol. The van der Waals surface area contributed by atoms with E-state index >= 15 is 0 Å². The van der Waals surface area contributed by atoms with E-state index in [2.05, 4.69) is 15.3 Å². The minimum absolute atomic E-state index is 0.0235. The number of amides is 1. The first-order chi connectivity index (χ1) is 12.4. The molecule has 2 heterocycles. The molecule has 26 heavy (non-hydrogen) atoms. The number of hydrogen-bond acceptors (Lipinski definition) is 5. The molecule has 2 N–H and O–H groups in total. The first-order valence-electron chi connectivity index (χ1n) is 9.04. The Bertz CT molecular complexity index is 768. The maximum Gasteiger partial charge on any atom is 0.253 e. The van der Waals surface area contributed by atoms with Crippen molar-refractivity contribution in [1.29, 1.82) is 0 Å². The van der Waals surface area contributed by atoms with Crippen LogP contribution in [0.2, 0.25) is 0 Å². The molecule has 1 aromatic heterocycles. The number of carbonyl (C=O) groups excluding carboxylic acids is 1. The lowest BCUT2D eigenvalue weighted by Crippen LogP contribution is -2.49. The van der Waals surface area contributed by atoms with E-state index in [1.807, 2.05) is 56.0 Å². The fourth-order valence-corrected chi connectivity index (χ4v) is 3.46. The van der Waals surface area contributed by atoms with Gasteiger partial charge in [-0.15, -0.1) is 0 Å². The predicted octanol–water partition coefficient (Wildman–Crippen LogP) is 2.49. The Kier molecular flexibility index (Phi) is 5.52. The van der Waals surface area contributed by atoms with E-state index in [0.717, 1.165) is 17.2 Å². The highest BCUT2D eigenvalue weighted by Gasteiger charge is 2.32. The van der Waals surface area contributed by atoms with Crippen molar-refractivity contribution in [3.8, 4) is 0 Å². The smallest absolute Gasteiger partial charge is 0.253 e. The second-order valence-electron chi connectivity index (χ2n) is 7.20. The summed E-state index contributed by atoms with van der Waals surface area (Å²) in [7, 11) is 0. The summed E-state index contributed by atoms with van der Waals surface area (Å²) in [6.45, 7) is 7.60. The Morgan fingerprint density at radius 2 is 2.00 bits per heavy atom. The normalized spacial score (nSPS) is 22.9. The predicted molar refractivity (Wildman–Crippen MR) is 101 cm³/mol. The van der Waals surface area contributed by atoms with Crippen molar-refractivity contribution < 1.29 is 9.90 Å². The molecule has 2 atom stereocenters. The van der Waals surface area contributed by atoms with Crippen LogP contribution in [0.25, 0.3) is 0 Å². The molecule has 1 aliphatic heterocycles. The topological polar surface area (TPSA) is 78.4 Å². The van der Waals surface area contributed by atoms with E-state index in [1.165, 1.54) is 0 Å². The minimum atomic E-state index is -0.342. The maximum atomic E-state index is 12.9. The number of nitrogens with one attached hydrogen (secondary N) is 1. The molecule has 2 aromatic rings. The summed E-state index contributed by atoms with van der Waals surface area (Å²) in [5.41, 5.74) is 1.70. The fourth-order valence-electron chi connectivity index (χ4n) is 3.46. The number of aryl methyl sites for hydroxylation is 1. The minimum Gasteiger partial charge on any atom is -0.392 e. The molecule has 6 nitrogen and oxygen atoms in total. The quantitative estimate of drug-likeness (QED) is 0.882. The number of carbonyl (C=O) groups is 1. The van der Waals surface area contributed by atoms with Crippen molar-refractivity contribution in [2.24, 2.45) is 11.8 Å². The highest BCUT2D eigenvalue weighted by Crippen LogP contribution is 2.23. The summed E-state index contributed by atoms with van der Waals surface area (Å²) in [5.74, 6) is 1.69. The van der Waals surface area contributed by atoms with E-state index in [4.69, 9.17) is 0 Å². The van der Waals surface area contributed by atoms with Gasteiger partial charge in [-0.2, -0.15) is 0 Å². The summed E-state index contributed by atoms with van der Waals surface area (Å²) in [4.78, 5) is 23.1. The van der Waals surface area contributed by atoms with E-state index < -0.39 is 0 Å². The molecule has 0 spiro atoms. The summed E-state index contributed by atoms with van der Waals surface area (Å²) in [6, 6.07) is 9.48. The van der Waals surface area contributed by atoms with Gasteiger partial charge in [0.25, 0.3) is 5.91 Å². The van der Waals surface area contributed by atoms with Crippen LogP contribution in [0.4, 0.5) is 5.82 Å². The Morgan fingerprint density at radius 1 is 1.27 bits per heavy atom. The zero-order valence-electron chi connectivity index (χ0n) is 15.5. The zero-order chi connectivity index (χ0) is 18.7. The molecule has 1 aliphatic rings. The van der Waals surface area contributed by atoms with Crippen LogP contribution in [-0.4, -0.2) is 45.1 Å². The second-order valence-corrected chi connectivity index (χ2v) is 7.20. The second kappa shape index (κ2) is 7.83.